The van der Waals surface area contributed by atoms with E-state index in [2.05, 4.69) is 15.5 Å². The van der Waals surface area contributed by atoms with Crippen molar-refractivity contribution in [3.05, 3.63) is 60.0 Å². The van der Waals surface area contributed by atoms with Crippen LogP contribution in [0.5, 0.6) is 11.5 Å². The second-order valence-corrected chi connectivity index (χ2v) is 6.11. The summed E-state index contributed by atoms with van der Waals surface area (Å²) in [5.41, 5.74) is 1.33. The fraction of sp³-hybridized carbons (Fsp3) is 0.250. The van der Waals surface area contributed by atoms with Gasteiger partial charge in [-0.25, -0.2) is 0 Å². The summed E-state index contributed by atoms with van der Waals surface area (Å²) in [7, 11) is 1.61. The van der Waals surface area contributed by atoms with Gasteiger partial charge in [0.15, 0.2) is 0 Å². The first-order valence-corrected chi connectivity index (χ1v) is 8.57. The van der Waals surface area contributed by atoms with E-state index in [0.717, 1.165) is 17.1 Å². The van der Waals surface area contributed by atoms with Crippen molar-refractivity contribution in [2.75, 3.05) is 7.11 Å². The summed E-state index contributed by atoms with van der Waals surface area (Å²) in [5.74, 6) is 2.03. The molecule has 3 aromatic rings. The molecular formula is C20H21N3O4. The number of hydrogen-bond acceptors (Lipinski definition) is 6. The molecule has 27 heavy (non-hydrogen) atoms. The van der Waals surface area contributed by atoms with Gasteiger partial charge in [0.2, 0.25) is 11.7 Å². The van der Waals surface area contributed by atoms with E-state index in [4.69, 9.17) is 14.0 Å². The van der Waals surface area contributed by atoms with Gasteiger partial charge in [-0.1, -0.05) is 5.16 Å². The maximum atomic E-state index is 12.2. The highest BCUT2D eigenvalue weighted by Crippen LogP contribution is 2.19. The van der Waals surface area contributed by atoms with Crippen LogP contribution in [-0.4, -0.2) is 29.3 Å². The monoisotopic (exact) mass is 367 g/mol. The minimum Gasteiger partial charge on any atom is -0.497 e. The summed E-state index contributed by atoms with van der Waals surface area (Å²) in [4.78, 5) is 16.5. The number of benzene rings is 2. The number of amides is 1. The molecule has 0 bridgehead atoms. The zero-order valence-electron chi connectivity index (χ0n) is 15.4. The lowest BCUT2D eigenvalue weighted by Gasteiger charge is -2.09. The van der Waals surface area contributed by atoms with Crippen LogP contribution in [0.2, 0.25) is 0 Å². The van der Waals surface area contributed by atoms with E-state index in [1.165, 1.54) is 0 Å². The third kappa shape index (κ3) is 4.84. The van der Waals surface area contributed by atoms with Crippen molar-refractivity contribution in [1.29, 1.82) is 0 Å². The molecule has 0 atom stereocenters. The van der Waals surface area contributed by atoms with Gasteiger partial charge in [-0.2, -0.15) is 4.98 Å². The van der Waals surface area contributed by atoms with Crippen LogP contribution in [0.1, 0.15) is 30.1 Å². The molecule has 7 nitrogen and oxygen atoms in total. The van der Waals surface area contributed by atoms with Gasteiger partial charge >= 0.3 is 0 Å². The maximum Gasteiger partial charge on any atom is 0.251 e. The van der Waals surface area contributed by atoms with Gasteiger partial charge in [-0.05, 0) is 62.4 Å². The molecular weight excluding hydrogens is 346 g/mol. The van der Waals surface area contributed by atoms with Gasteiger partial charge in [0.05, 0.1) is 19.8 Å². The molecule has 0 radical (unpaired) electrons. The Bertz CT molecular complexity index is 886. The van der Waals surface area contributed by atoms with Gasteiger partial charge in [0, 0.05) is 11.1 Å². The van der Waals surface area contributed by atoms with E-state index in [0.29, 0.717) is 17.3 Å². The van der Waals surface area contributed by atoms with Gasteiger partial charge in [-0.3, -0.25) is 4.79 Å². The fourth-order valence-electron chi connectivity index (χ4n) is 2.40. The summed E-state index contributed by atoms with van der Waals surface area (Å²) >= 11 is 0. The minimum absolute atomic E-state index is 0.0853. The number of carbonyl (C=O) groups excluding carboxylic acids is 1. The molecule has 140 valence electrons. The van der Waals surface area contributed by atoms with Crippen LogP contribution in [-0.2, 0) is 6.54 Å². The number of nitrogens with zero attached hydrogens (tertiary/aromatic N) is 2. The first-order valence-electron chi connectivity index (χ1n) is 8.57. The first-order chi connectivity index (χ1) is 13.0. The van der Waals surface area contributed by atoms with Gasteiger partial charge in [-0.15, -0.1) is 0 Å². The molecule has 0 spiro atoms. The number of carbonyl (C=O) groups is 1. The zero-order valence-corrected chi connectivity index (χ0v) is 15.4. The molecule has 7 heteroatoms. The highest BCUT2D eigenvalue weighted by atomic mass is 16.5. The Labute approximate surface area is 157 Å². The molecule has 1 heterocycles. The Balaban J connectivity index is 1.58. The number of rotatable bonds is 7. The first kappa shape index (κ1) is 18.4. The topological polar surface area (TPSA) is 86.5 Å². The Morgan fingerprint density at radius 1 is 1.07 bits per heavy atom. The van der Waals surface area contributed by atoms with Crippen molar-refractivity contribution in [2.45, 2.75) is 26.5 Å². The molecule has 1 N–H and O–H groups in total. The van der Waals surface area contributed by atoms with Crippen LogP contribution in [0, 0.1) is 0 Å². The van der Waals surface area contributed by atoms with E-state index >= 15 is 0 Å². The van der Waals surface area contributed by atoms with Crippen LogP contribution in [0.25, 0.3) is 11.4 Å². The highest BCUT2D eigenvalue weighted by molar-refractivity contribution is 5.94. The zero-order chi connectivity index (χ0) is 19.2. The molecule has 0 aliphatic heterocycles. The lowest BCUT2D eigenvalue weighted by molar-refractivity contribution is 0.0946. The van der Waals surface area contributed by atoms with Gasteiger partial charge in [0.25, 0.3) is 5.91 Å². The third-order valence-electron chi connectivity index (χ3n) is 3.70. The van der Waals surface area contributed by atoms with Crippen molar-refractivity contribution in [3.63, 3.8) is 0 Å². The van der Waals surface area contributed by atoms with E-state index in [1.54, 1.807) is 31.4 Å². The van der Waals surface area contributed by atoms with E-state index in [1.807, 2.05) is 38.1 Å². The smallest absolute Gasteiger partial charge is 0.251 e. The second kappa shape index (κ2) is 8.35. The van der Waals surface area contributed by atoms with Crippen LogP contribution >= 0.6 is 0 Å². The average Bonchev–Trinajstić information content (AvgIpc) is 3.15. The van der Waals surface area contributed by atoms with Gasteiger partial charge < -0.3 is 19.3 Å². The molecule has 0 unspecified atom stereocenters. The molecule has 0 aliphatic carbocycles. The lowest BCUT2D eigenvalue weighted by atomic mass is 10.2. The third-order valence-corrected chi connectivity index (χ3v) is 3.70. The highest BCUT2D eigenvalue weighted by Gasteiger charge is 2.11. The summed E-state index contributed by atoms with van der Waals surface area (Å²) in [6.07, 6.45) is 0.0853. The summed E-state index contributed by atoms with van der Waals surface area (Å²) in [6.45, 7) is 4.04. The predicted octanol–water partition coefficient (Wildman–Crippen LogP) is 3.46. The van der Waals surface area contributed by atoms with Crippen LogP contribution in [0.3, 0.4) is 0 Å². The largest absolute Gasteiger partial charge is 0.497 e. The van der Waals surface area contributed by atoms with Crippen LogP contribution < -0.4 is 14.8 Å². The Hall–Kier alpha value is -3.35. The lowest BCUT2D eigenvalue weighted by Crippen LogP contribution is -2.22. The molecule has 3 rings (SSSR count). The van der Waals surface area contributed by atoms with E-state index in [9.17, 15) is 4.79 Å². The second-order valence-electron chi connectivity index (χ2n) is 6.11. The van der Waals surface area contributed by atoms with Crippen molar-refractivity contribution < 1.29 is 18.8 Å². The number of ether oxygens (including phenoxy) is 2. The fourth-order valence-corrected chi connectivity index (χ4v) is 2.40. The predicted molar refractivity (Wildman–Crippen MR) is 99.7 cm³/mol. The van der Waals surface area contributed by atoms with Crippen molar-refractivity contribution in [1.82, 2.24) is 15.5 Å². The molecule has 2 aromatic carbocycles. The molecule has 1 aromatic heterocycles. The van der Waals surface area contributed by atoms with Crippen molar-refractivity contribution in [3.8, 4) is 22.9 Å². The number of methoxy groups -OCH3 is 1. The summed E-state index contributed by atoms with van der Waals surface area (Å²) < 4.78 is 15.9. The SMILES string of the molecule is COc1ccc(-c2noc(CNC(=O)c3ccc(OC(C)C)cc3)n2)cc1. The average molecular weight is 367 g/mol. The Morgan fingerprint density at radius 3 is 2.37 bits per heavy atom. The summed E-state index contributed by atoms with van der Waals surface area (Å²) in [6, 6.07) is 14.3. The maximum absolute atomic E-state index is 12.2. The quantitative estimate of drug-likeness (QED) is 0.688. The van der Waals surface area contributed by atoms with Crippen molar-refractivity contribution in [2.24, 2.45) is 0 Å². The van der Waals surface area contributed by atoms with E-state index < -0.39 is 0 Å². The van der Waals surface area contributed by atoms with E-state index in [-0.39, 0.29) is 18.6 Å². The normalized spacial score (nSPS) is 10.7. The van der Waals surface area contributed by atoms with Gasteiger partial charge in [0.1, 0.15) is 11.5 Å². The molecule has 1 amide bonds. The molecule has 0 saturated heterocycles. The molecule has 0 aliphatic rings. The van der Waals surface area contributed by atoms with Crippen LogP contribution in [0.4, 0.5) is 0 Å². The number of nitrogens with one attached hydrogen (secondary N) is 1. The Kier molecular flexibility index (Phi) is 5.71. The minimum atomic E-state index is -0.227. The molecule has 0 saturated carbocycles. The summed E-state index contributed by atoms with van der Waals surface area (Å²) in [5, 5.41) is 6.70. The van der Waals surface area contributed by atoms with Crippen molar-refractivity contribution >= 4 is 5.91 Å². The molecule has 0 fully saturated rings. The number of hydrogen-bond donors (Lipinski definition) is 1. The Morgan fingerprint density at radius 2 is 1.74 bits per heavy atom. The standard InChI is InChI=1S/C20H21N3O4/c1-13(2)26-17-10-6-15(7-11-17)20(24)21-12-18-22-19(23-27-18)14-4-8-16(25-3)9-5-14/h4-11,13H,12H2,1-3H3,(H,21,24). The number of aromatic nitrogens is 2. The van der Waals surface area contributed by atoms with Crippen LogP contribution in [0.15, 0.2) is 53.1 Å².